The predicted octanol–water partition coefficient (Wildman–Crippen LogP) is 0.518. The summed E-state index contributed by atoms with van der Waals surface area (Å²) in [7, 11) is -3.17. The summed E-state index contributed by atoms with van der Waals surface area (Å²) in [6.45, 7) is 2.09. The smallest absolute Gasteiger partial charge is 0.316 e. The van der Waals surface area contributed by atoms with E-state index in [1.54, 1.807) is 18.5 Å². The Balaban J connectivity index is 1.54. The number of carbonyl (C=O) groups is 1. The average molecular weight is 368 g/mol. The molecule has 1 atom stereocenters. The largest absolute Gasteiger partial charge is 0.458 e. The van der Waals surface area contributed by atoms with Gasteiger partial charge in [-0.1, -0.05) is 0 Å². The van der Waals surface area contributed by atoms with Crippen LogP contribution in [0.4, 0.5) is 0 Å². The van der Waals surface area contributed by atoms with Crippen LogP contribution in [0.25, 0.3) is 0 Å². The third kappa shape index (κ3) is 4.66. The fourth-order valence-corrected chi connectivity index (χ4v) is 4.30. The molecule has 1 unspecified atom stereocenters. The maximum absolute atomic E-state index is 12.8. The summed E-state index contributed by atoms with van der Waals surface area (Å²) in [6, 6.07) is 2.06. The molecule has 8 nitrogen and oxygen atoms in total. The van der Waals surface area contributed by atoms with Crippen LogP contribution in [0.5, 0.6) is 6.01 Å². The molecule has 1 amide bonds. The zero-order chi connectivity index (χ0) is 17.9. The Labute approximate surface area is 148 Å². The van der Waals surface area contributed by atoms with E-state index in [2.05, 4.69) is 9.97 Å². The molecule has 0 saturated carbocycles. The van der Waals surface area contributed by atoms with Crippen LogP contribution >= 0.6 is 0 Å². The van der Waals surface area contributed by atoms with E-state index >= 15 is 0 Å². The number of hydrogen-bond donors (Lipinski definition) is 0. The maximum Gasteiger partial charge on any atom is 0.316 e. The number of amides is 1. The fourth-order valence-electron chi connectivity index (χ4n) is 3.42. The van der Waals surface area contributed by atoms with E-state index in [0.29, 0.717) is 38.5 Å². The van der Waals surface area contributed by atoms with Gasteiger partial charge in [0.25, 0.3) is 0 Å². The Hall–Kier alpha value is -1.74. The van der Waals surface area contributed by atoms with Crippen LogP contribution in [0.15, 0.2) is 18.5 Å². The number of nitrogens with zero attached hydrogens (tertiary/aromatic N) is 4. The zero-order valence-corrected chi connectivity index (χ0v) is 15.2. The van der Waals surface area contributed by atoms with Gasteiger partial charge in [0.2, 0.25) is 15.9 Å². The molecule has 2 fully saturated rings. The number of rotatable bonds is 4. The fraction of sp³-hybridized carbons (Fsp3) is 0.688. The zero-order valence-electron chi connectivity index (χ0n) is 14.4. The van der Waals surface area contributed by atoms with Gasteiger partial charge >= 0.3 is 6.01 Å². The first-order valence-electron chi connectivity index (χ1n) is 8.61. The lowest BCUT2D eigenvalue weighted by molar-refractivity contribution is -0.139. The van der Waals surface area contributed by atoms with Crippen molar-refractivity contribution in [3.05, 3.63) is 18.5 Å². The van der Waals surface area contributed by atoms with Crippen LogP contribution in [0.3, 0.4) is 0 Å². The van der Waals surface area contributed by atoms with E-state index in [4.69, 9.17) is 4.74 Å². The Bertz CT molecular complexity index is 689. The topological polar surface area (TPSA) is 92.7 Å². The second-order valence-electron chi connectivity index (χ2n) is 6.63. The van der Waals surface area contributed by atoms with Crippen molar-refractivity contribution in [2.75, 3.05) is 32.4 Å². The number of likely N-dealkylation sites (tertiary alicyclic amines) is 1. The van der Waals surface area contributed by atoms with Gasteiger partial charge in [0.15, 0.2) is 0 Å². The minimum Gasteiger partial charge on any atom is -0.458 e. The molecular weight excluding hydrogens is 344 g/mol. The molecule has 1 aromatic heterocycles. The van der Waals surface area contributed by atoms with Gasteiger partial charge in [0.05, 0.1) is 12.8 Å². The second-order valence-corrected chi connectivity index (χ2v) is 8.62. The summed E-state index contributed by atoms with van der Waals surface area (Å²) in [5, 5.41) is 0. The normalized spacial score (nSPS) is 23.4. The molecule has 3 rings (SSSR count). The highest BCUT2D eigenvalue weighted by atomic mass is 32.2. The van der Waals surface area contributed by atoms with Crippen molar-refractivity contribution in [3.8, 4) is 6.01 Å². The first kappa shape index (κ1) is 18.1. The van der Waals surface area contributed by atoms with Gasteiger partial charge in [-0.2, -0.15) is 0 Å². The maximum atomic E-state index is 12.8. The monoisotopic (exact) mass is 368 g/mol. The van der Waals surface area contributed by atoms with E-state index in [1.165, 1.54) is 10.6 Å². The molecule has 0 bridgehead atoms. The summed E-state index contributed by atoms with van der Waals surface area (Å²) in [6.07, 6.45) is 7.28. The number of sulfonamides is 1. The molecule has 0 N–H and O–H groups in total. The van der Waals surface area contributed by atoms with Crippen LogP contribution in [0, 0.1) is 5.92 Å². The Morgan fingerprint density at radius 3 is 2.48 bits per heavy atom. The molecule has 2 aliphatic heterocycles. The Kier molecular flexibility index (Phi) is 5.53. The van der Waals surface area contributed by atoms with Crippen LogP contribution in [0.2, 0.25) is 0 Å². The third-order valence-electron chi connectivity index (χ3n) is 4.78. The second kappa shape index (κ2) is 7.65. The molecule has 2 aliphatic rings. The number of aromatic nitrogens is 2. The van der Waals surface area contributed by atoms with Crippen LogP contribution in [-0.4, -0.2) is 72.0 Å². The minimum atomic E-state index is -3.17. The summed E-state index contributed by atoms with van der Waals surface area (Å²) >= 11 is 0. The molecule has 9 heteroatoms. The van der Waals surface area contributed by atoms with Crippen LogP contribution in [-0.2, 0) is 14.8 Å². The summed E-state index contributed by atoms with van der Waals surface area (Å²) in [4.78, 5) is 22.8. The van der Waals surface area contributed by atoms with Gasteiger partial charge in [-0.15, -0.1) is 0 Å². The number of ether oxygens (including phenoxy) is 1. The van der Waals surface area contributed by atoms with Crippen molar-refractivity contribution in [1.29, 1.82) is 0 Å². The number of carbonyl (C=O) groups excluding carboxylic acids is 1. The highest BCUT2D eigenvalue weighted by Gasteiger charge is 2.33. The third-order valence-corrected chi connectivity index (χ3v) is 6.08. The SMILES string of the molecule is CS(=O)(=O)N1CCC(C(=O)N2CCCC(Oc3ncccn3)C2)CC1. The molecule has 0 spiro atoms. The molecule has 1 aromatic rings. The van der Waals surface area contributed by atoms with Crippen LogP contribution in [0.1, 0.15) is 25.7 Å². The van der Waals surface area contributed by atoms with Gasteiger partial charge in [-0.05, 0) is 31.7 Å². The van der Waals surface area contributed by atoms with Crippen molar-refractivity contribution in [2.24, 2.45) is 5.92 Å². The first-order chi connectivity index (χ1) is 11.9. The minimum absolute atomic E-state index is 0.101. The van der Waals surface area contributed by atoms with Crippen LogP contribution < -0.4 is 4.74 Å². The first-order valence-corrected chi connectivity index (χ1v) is 10.5. The van der Waals surface area contributed by atoms with E-state index in [-0.39, 0.29) is 17.9 Å². The van der Waals surface area contributed by atoms with Gasteiger partial charge in [-0.25, -0.2) is 22.7 Å². The van der Waals surface area contributed by atoms with Crippen molar-refractivity contribution in [2.45, 2.75) is 31.8 Å². The van der Waals surface area contributed by atoms with Gasteiger partial charge < -0.3 is 9.64 Å². The molecule has 0 radical (unpaired) electrons. The average Bonchev–Trinajstić information content (AvgIpc) is 2.61. The van der Waals surface area contributed by atoms with Gasteiger partial charge in [0, 0.05) is 37.9 Å². The number of hydrogen-bond acceptors (Lipinski definition) is 6. The summed E-state index contributed by atoms with van der Waals surface area (Å²) < 4.78 is 30.4. The van der Waals surface area contributed by atoms with E-state index in [0.717, 1.165) is 19.4 Å². The van der Waals surface area contributed by atoms with Crippen molar-refractivity contribution < 1.29 is 17.9 Å². The predicted molar refractivity (Wildman–Crippen MR) is 91.4 cm³/mol. The molecule has 0 aromatic carbocycles. The van der Waals surface area contributed by atoms with Crippen molar-refractivity contribution >= 4 is 15.9 Å². The van der Waals surface area contributed by atoms with E-state index in [1.807, 2.05) is 4.90 Å². The highest BCUT2D eigenvalue weighted by Crippen LogP contribution is 2.24. The van der Waals surface area contributed by atoms with Crippen molar-refractivity contribution in [3.63, 3.8) is 0 Å². The lowest BCUT2D eigenvalue weighted by Crippen LogP contribution is -2.49. The highest BCUT2D eigenvalue weighted by molar-refractivity contribution is 7.88. The standard InChI is InChI=1S/C16H24N4O4S/c1-25(22,23)20-10-5-13(6-11-20)15(21)19-9-2-4-14(12-19)24-16-17-7-3-8-18-16/h3,7-8,13-14H,2,4-6,9-12H2,1H3. The van der Waals surface area contributed by atoms with E-state index < -0.39 is 10.0 Å². The quantitative estimate of drug-likeness (QED) is 0.769. The lowest BCUT2D eigenvalue weighted by atomic mass is 9.95. The van der Waals surface area contributed by atoms with Gasteiger partial charge in [0.1, 0.15) is 6.10 Å². The molecule has 138 valence electrons. The van der Waals surface area contributed by atoms with Gasteiger partial charge in [-0.3, -0.25) is 4.79 Å². The number of piperidine rings is 2. The van der Waals surface area contributed by atoms with Crippen molar-refractivity contribution in [1.82, 2.24) is 19.2 Å². The molecular formula is C16H24N4O4S. The van der Waals surface area contributed by atoms with E-state index in [9.17, 15) is 13.2 Å². The summed E-state index contributed by atoms with van der Waals surface area (Å²) in [5.41, 5.74) is 0. The molecule has 3 heterocycles. The summed E-state index contributed by atoms with van der Waals surface area (Å²) in [5.74, 6) is 0.000145. The Morgan fingerprint density at radius 1 is 1.16 bits per heavy atom. The Morgan fingerprint density at radius 2 is 1.84 bits per heavy atom. The lowest BCUT2D eigenvalue weighted by Gasteiger charge is -2.37. The molecule has 25 heavy (non-hydrogen) atoms. The molecule has 2 saturated heterocycles. The molecule has 0 aliphatic carbocycles.